The fourth-order valence-electron chi connectivity index (χ4n) is 2.17. The van der Waals surface area contributed by atoms with E-state index in [9.17, 15) is 4.39 Å². The van der Waals surface area contributed by atoms with Crippen molar-refractivity contribution in [2.24, 2.45) is 5.73 Å². The number of benzene rings is 1. The monoisotopic (exact) mass is 303 g/mol. The third-order valence-electron chi connectivity index (χ3n) is 3.33. The van der Waals surface area contributed by atoms with Crippen molar-refractivity contribution in [1.82, 2.24) is 0 Å². The largest absolute Gasteiger partial charge is 0.492 e. The summed E-state index contributed by atoms with van der Waals surface area (Å²) in [5.74, 6) is 0.153. The molecule has 5 heteroatoms. The van der Waals surface area contributed by atoms with Gasteiger partial charge in [0.25, 0.3) is 0 Å². The lowest BCUT2D eigenvalue weighted by atomic mass is 9.94. The summed E-state index contributed by atoms with van der Waals surface area (Å²) in [5.41, 5.74) is 6.64. The molecular formula is C12H15BrFNO2. The normalized spacial score (nSPS) is 16.8. The molecule has 1 fully saturated rings. The van der Waals surface area contributed by atoms with Crippen LogP contribution in [0.5, 0.6) is 11.5 Å². The fourth-order valence-corrected chi connectivity index (χ4v) is 2.97. The molecule has 0 aromatic heterocycles. The van der Waals surface area contributed by atoms with Crippen LogP contribution in [-0.2, 0) is 5.41 Å². The second-order valence-electron chi connectivity index (χ2n) is 4.27. The average Bonchev–Trinajstić information content (AvgIpc) is 3.08. The van der Waals surface area contributed by atoms with E-state index in [4.69, 9.17) is 15.2 Å². The van der Waals surface area contributed by atoms with Gasteiger partial charge in [-0.3, -0.25) is 0 Å². The van der Waals surface area contributed by atoms with Crippen LogP contribution < -0.4 is 15.2 Å². The maximum Gasteiger partial charge on any atom is 0.197 e. The van der Waals surface area contributed by atoms with Crippen LogP contribution in [0.25, 0.3) is 0 Å². The summed E-state index contributed by atoms with van der Waals surface area (Å²) in [6.07, 6.45) is 1.99. The summed E-state index contributed by atoms with van der Waals surface area (Å²) in [4.78, 5) is 0. The number of ether oxygens (including phenoxy) is 2. The minimum atomic E-state index is -0.437. The van der Waals surface area contributed by atoms with E-state index in [0.717, 1.165) is 18.4 Å². The molecule has 2 N–H and O–H groups in total. The molecule has 0 amide bonds. The molecule has 0 spiro atoms. The van der Waals surface area contributed by atoms with Crippen molar-refractivity contribution < 1.29 is 13.9 Å². The molecule has 0 saturated heterocycles. The Morgan fingerprint density at radius 1 is 1.35 bits per heavy atom. The molecule has 0 bridgehead atoms. The van der Waals surface area contributed by atoms with Gasteiger partial charge in [0.2, 0.25) is 0 Å². The molecule has 1 aliphatic rings. The van der Waals surface area contributed by atoms with Crippen LogP contribution in [-0.4, -0.2) is 20.8 Å². The zero-order valence-electron chi connectivity index (χ0n) is 9.85. The van der Waals surface area contributed by atoms with Gasteiger partial charge in [-0.1, -0.05) is 15.9 Å². The van der Waals surface area contributed by atoms with Crippen molar-refractivity contribution in [3.8, 4) is 11.5 Å². The zero-order chi connectivity index (χ0) is 12.6. The summed E-state index contributed by atoms with van der Waals surface area (Å²) >= 11 is 3.39. The second kappa shape index (κ2) is 4.46. The van der Waals surface area contributed by atoms with E-state index < -0.39 is 5.82 Å². The van der Waals surface area contributed by atoms with Gasteiger partial charge in [0.05, 0.1) is 14.2 Å². The number of nitrogens with two attached hydrogens (primary N) is 1. The van der Waals surface area contributed by atoms with Crippen LogP contribution in [0.4, 0.5) is 4.39 Å². The van der Waals surface area contributed by atoms with Gasteiger partial charge in [0.15, 0.2) is 17.3 Å². The van der Waals surface area contributed by atoms with E-state index in [0.29, 0.717) is 16.8 Å². The Labute approximate surface area is 108 Å². The molecule has 1 saturated carbocycles. The summed E-state index contributed by atoms with van der Waals surface area (Å²) < 4.78 is 24.8. The van der Waals surface area contributed by atoms with Gasteiger partial charge >= 0.3 is 0 Å². The Kier molecular flexibility index (Phi) is 3.32. The minimum absolute atomic E-state index is 0.0921. The Bertz CT molecular complexity index is 447. The summed E-state index contributed by atoms with van der Waals surface area (Å²) in [6, 6.07) is 1.41. The first kappa shape index (κ1) is 12.6. The van der Waals surface area contributed by atoms with Crippen molar-refractivity contribution in [3.63, 3.8) is 0 Å². The van der Waals surface area contributed by atoms with Gasteiger partial charge in [-0.15, -0.1) is 0 Å². The third kappa shape index (κ3) is 1.91. The second-order valence-corrected chi connectivity index (χ2v) is 5.12. The number of halogens is 2. The maximum absolute atomic E-state index is 13.7. The third-order valence-corrected chi connectivity index (χ3v) is 3.95. The Morgan fingerprint density at radius 2 is 1.94 bits per heavy atom. The molecule has 2 rings (SSSR count). The zero-order valence-corrected chi connectivity index (χ0v) is 11.4. The molecule has 94 valence electrons. The molecule has 3 nitrogen and oxygen atoms in total. The van der Waals surface area contributed by atoms with Crippen LogP contribution in [0.3, 0.4) is 0 Å². The van der Waals surface area contributed by atoms with Crippen molar-refractivity contribution in [1.29, 1.82) is 0 Å². The lowest BCUT2D eigenvalue weighted by Gasteiger charge is -2.21. The standard InChI is InChI=1S/C12H15BrFNO2/c1-16-10-8(14)5-7(13)9(11(10)17-2)12(6-15)3-4-12/h5H,3-4,6,15H2,1-2H3. The molecule has 0 atom stereocenters. The first-order valence-corrected chi connectivity index (χ1v) is 6.19. The first-order chi connectivity index (χ1) is 8.09. The first-order valence-electron chi connectivity index (χ1n) is 5.40. The predicted octanol–water partition coefficient (Wildman–Crippen LogP) is 2.60. The van der Waals surface area contributed by atoms with Crippen LogP contribution in [0.2, 0.25) is 0 Å². The van der Waals surface area contributed by atoms with E-state index in [1.54, 1.807) is 0 Å². The molecular weight excluding hydrogens is 289 g/mol. The van der Waals surface area contributed by atoms with Gasteiger partial charge in [-0.2, -0.15) is 0 Å². The van der Waals surface area contributed by atoms with E-state index >= 15 is 0 Å². The number of methoxy groups -OCH3 is 2. The highest BCUT2D eigenvalue weighted by Crippen LogP contribution is 2.55. The highest BCUT2D eigenvalue weighted by molar-refractivity contribution is 9.10. The minimum Gasteiger partial charge on any atom is -0.492 e. The summed E-state index contributed by atoms with van der Waals surface area (Å²) in [6.45, 7) is 0.525. The van der Waals surface area contributed by atoms with Gasteiger partial charge in [-0.05, 0) is 18.9 Å². The van der Waals surface area contributed by atoms with Crippen LogP contribution in [0, 0.1) is 5.82 Å². The quantitative estimate of drug-likeness (QED) is 0.930. The molecule has 0 unspecified atom stereocenters. The summed E-state index contributed by atoms with van der Waals surface area (Å²) in [5, 5.41) is 0. The predicted molar refractivity (Wildman–Crippen MR) is 67.2 cm³/mol. The Morgan fingerprint density at radius 3 is 2.35 bits per heavy atom. The van der Waals surface area contributed by atoms with Crippen molar-refractivity contribution >= 4 is 15.9 Å². The number of hydrogen-bond acceptors (Lipinski definition) is 3. The van der Waals surface area contributed by atoms with Gasteiger partial charge in [-0.25, -0.2) is 4.39 Å². The SMILES string of the molecule is COc1c(F)cc(Br)c(C2(CN)CC2)c1OC. The molecule has 1 aromatic rings. The Balaban J connectivity index is 2.65. The van der Waals surface area contributed by atoms with Crippen molar-refractivity contribution in [3.05, 3.63) is 21.9 Å². The fraction of sp³-hybridized carbons (Fsp3) is 0.500. The van der Waals surface area contributed by atoms with E-state index in [1.807, 2.05) is 0 Å². The highest BCUT2D eigenvalue weighted by atomic mass is 79.9. The highest BCUT2D eigenvalue weighted by Gasteiger charge is 2.47. The number of rotatable bonds is 4. The molecule has 0 radical (unpaired) electrons. The van der Waals surface area contributed by atoms with Gasteiger partial charge in [0, 0.05) is 22.0 Å². The van der Waals surface area contributed by atoms with E-state index in [-0.39, 0.29) is 11.2 Å². The van der Waals surface area contributed by atoms with Crippen LogP contribution in [0.15, 0.2) is 10.5 Å². The lowest BCUT2D eigenvalue weighted by Crippen LogP contribution is -2.21. The Hall–Kier alpha value is -0.810. The van der Waals surface area contributed by atoms with Gasteiger partial charge in [0.1, 0.15) is 0 Å². The molecule has 17 heavy (non-hydrogen) atoms. The van der Waals surface area contributed by atoms with Gasteiger partial charge < -0.3 is 15.2 Å². The van der Waals surface area contributed by atoms with E-state index in [1.165, 1.54) is 20.3 Å². The van der Waals surface area contributed by atoms with Crippen molar-refractivity contribution in [2.75, 3.05) is 20.8 Å². The van der Waals surface area contributed by atoms with E-state index in [2.05, 4.69) is 15.9 Å². The molecule has 0 heterocycles. The lowest BCUT2D eigenvalue weighted by molar-refractivity contribution is 0.331. The van der Waals surface area contributed by atoms with Crippen LogP contribution in [0.1, 0.15) is 18.4 Å². The number of hydrogen-bond donors (Lipinski definition) is 1. The summed E-state index contributed by atoms with van der Waals surface area (Å²) in [7, 11) is 2.94. The maximum atomic E-state index is 13.7. The smallest absolute Gasteiger partial charge is 0.197 e. The molecule has 1 aromatic carbocycles. The molecule has 1 aliphatic carbocycles. The van der Waals surface area contributed by atoms with Crippen LogP contribution >= 0.6 is 15.9 Å². The average molecular weight is 304 g/mol. The molecule has 0 aliphatic heterocycles. The topological polar surface area (TPSA) is 44.5 Å². The van der Waals surface area contributed by atoms with Crippen molar-refractivity contribution in [2.45, 2.75) is 18.3 Å².